The van der Waals surface area contributed by atoms with Crippen LogP contribution in [0.15, 0.2) is 158 Å². The summed E-state index contributed by atoms with van der Waals surface area (Å²) in [4.78, 5) is 10.2. The molecule has 6 aromatic carbocycles. The number of para-hydroxylation sites is 2. The van der Waals surface area contributed by atoms with Crippen LogP contribution in [0, 0.1) is 0 Å². The van der Waals surface area contributed by atoms with Gasteiger partial charge < -0.3 is 14.2 Å². The molecule has 0 aliphatic carbocycles. The monoisotopic (exact) mass is 567 g/mol. The van der Waals surface area contributed by atoms with Crippen LogP contribution < -0.4 is 5.32 Å². The van der Waals surface area contributed by atoms with Gasteiger partial charge in [0, 0.05) is 38.2 Å². The molecule has 1 N–H and O–H groups in total. The fraction of sp³-hybridized carbons (Fsp3) is 0.0256. The fourth-order valence-corrected chi connectivity index (χ4v) is 6.24. The highest BCUT2D eigenvalue weighted by molar-refractivity contribution is 6.14. The number of aliphatic imine (C=N–C) groups is 2. The van der Waals surface area contributed by atoms with E-state index in [0.717, 1.165) is 77.5 Å². The number of amidine groups is 2. The van der Waals surface area contributed by atoms with Crippen molar-refractivity contribution < 1.29 is 8.83 Å². The lowest BCUT2D eigenvalue weighted by Crippen LogP contribution is -2.33. The number of fused-ring (bicyclic) bond motifs is 6. The molecule has 1 unspecified atom stereocenters. The summed E-state index contributed by atoms with van der Waals surface area (Å²) in [6.45, 7) is 0. The Balaban J connectivity index is 1.27. The van der Waals surface area contributed by atoms with Gasteiger partial charge in [-0.25, -0.2) is 9.98 Å². The van der Waals surface area contributed by atoms with E-state index in [2.05, 4.69) is 72.0 Å². The molecular weight excluding hydrogens is 542 g/mol. The Hall–Kier alpha value is -5.94. The third kappa shape index (κ3) is 4.02. The molecule has 8 aromatic rings. The molecule has 1 aliphatic rings. The van der Waals surface area contributed by atoms with Crippen molar-refractivity contribution in [2.45, 2.75) is 6.17 Å². The molecule has 0 saturated heterocycles. The number of nitrogens with one attached hydrogen (secondary N) is 1. The first-order valence-electron chi connectivity index (χ1n) is 14.7. The lowest BCUT2D eigenvalue weighted by atomic mass is 9.96. The van der Waals surface area contributed by atoms with Gasteiger partial charge in [0.25, 0.3) is 0 Å². The third-order valence-corrected chi connectivity index (χ3v) is 8.34. The van der Waals surface area contributed by atoms with Crippen molar-refractivity contribution in [3.05, 3.63) is 156 Å². The average Bonchev–Trinajstić information content (AvgIpc) is 3.66. The Morgan fingerprint density at radius 1 is 0.477 bits per heavy atom. The highest BCUT2D eigenvalue weighted by atomic mass is 16.3. The molecule has 0 spiro atoms. The molecule has 2 aromatic heterocycles. The van der Waals surface area contributed by atoms with Crippen molar-refractivity contribution in [2.75, 3.05) is 0 Å². The molecule has 0 amide bonds. The molecule has 9 rings (SSSR count). The molecule has 44 heavy (non-hydrogen) atoms. The van der Waals surface area contributed by atoms with Gasteiger partial charge >= 0.3 is 0 Å². The van der Waals surface area contributed by atoms with E-state index in [0.29, 0.717) is 5.84 Å². The van der Waals surface area contributed by atoms with Gasteiger partial charge in [-0.1, -0.05) is 103 Å². The Bertz CT molecular complexity index is 2420. The van der Waals surface area contributed by atoms with Crippen LogP contribution in [0.5, 0.6) is 0 Å². The Morgan fingerprint density at radius 2 is 1.09 bits per heavy atom. The highest BCUT2D eigenvalue weighted by Gasteiger charge is 2.25. The SMILES string of the molecule is c1ccc(C2=NC(c3cc(-c4ccc5c(c4)oc4ccccc45)cc4oc5ccccc5c34)NC(c3ccccc3)=N2)cc1. The summed E-state index contributed by atoms with van der Waals surface area (Å²) in [6, 6.07) is 47.5. The molecule has 5 heteroatoms. The first-order chi connectivity index (χ1) is 21.8. The van der Waals surface area contributed by atoms with Gasteiger partial charge in [-0.15, -0.1) is 0 Å². The average molecular weight is 568 g/mol. The molecular formula is C39H25N3O2. The van der Waals surface area contributed by atoms with Crippen molar-refractivity contribution in [1.82, 2.24) is 5.32 Å². The lowest BCUT2D eigenvalue weighted by molar-refractivity contribution is 0.662. The molecule has 1 aliphatic heterocycles. The maximum atomic E-state index is 6.47. The lowest BCUT2D eigenvalue weighted by Gasteiger charge is -2.24. The summed E-state index contributed by atoms with van der Waals surface area (Å²) in [5, 5.41) is 7.97. The Morgan fingerprint density at radius 3 is 1.89 bits per heavy atom. The molecule has 5 nitrogen and oxygen atoms in total. The van der Waals surface area contributed by atoms with E-state index in [1.807, 2.05) is 72.8 Å². The summed E-state index contributed by atoms with van der Waals surface area (Å²) in [7, 11) is 0. The van der Waals surface area contributed by atoms with Crippen molar-refractivity contribution in [3.63, 3.8) is 0 Å². The van der Waals surface area contributed by atoms with Crippen LogP contribution in [0.25, 0.3) is 55.0 Å². The minimum absolute atomic E-state index is 0.406. The topological polar surface area (TPSA) is 63.0 Å². The molecule has 3 heterocycles. The summed E-state index contributed by atoms with van der Waals surface area (Å²) in [6.07, 6.45) is -0.406. The summed E-state index contributed by atoms with van der Waals surface area (Å²) in [5.41, 5.74) is 8.44. The van der Waals surface area contributed by atoms with Crippen LogP contribution in [-0.4, -0.2) is 11.7 Å². The van der Waals surface area contributed by atoms with Crippen molar-refractivity contribution in [1.29, 1.82) is 0 Å². The number of furan rings is 2. The maximum Gasteiger partial charge on any atom is 0.159 e. The van der Waals surface area contributed by atoms with E-state index < -0.39 is 6.17 Å². The zero-order chi connectivity index (χ0) is 29.0. The van der Waals surface area contributed by atoms with E-state index in [1.165, 1.54) is 0 Å². The molecule has 0 fully saturated rings. The van der Waals surface area contributed by atoms with Crippen molar-refractivity contribution in [3.8, 4) is 11.1 Å². The zero-order valence-corrected chi connectivity index (χ0v) is 23.6. The van der Waals surface area contributed by atoms with Crippen molar-refractivity contribution in [2.24, 2.45) is 9.98 Å². The number of nitrogens with zero attached hydrogens (tertiary/aromatic N) is 2. The van der Waals surface area contributed by atoms with Gasteiger partial charge in [0.05, 0.1) is 0 Å². The van der Waals surface area contributed by atoms with Gasteiger partial charge in [0.1, 0.15) is 34.3 Å². The van der Waals surface area contributed by atoms with Crippen LogP contribution in [0.3, 0.4) is 0 Å². The van der Waals surface area contributed by atoms with Crippen LogP contribution in [0.2, 0.25) is 0 Å². The summed E-state index contributed by atoms with van der Waals surface area (Å²) in [5.74, 6) is 1.46. The second-order valence-electron chi connectivity index (χ2n) is 11.0. The minimum atomic E-state index is -0.406. The normalized spacial score (nSPS) is 15.0. The second-order valence-corrected chi connectivity index (χ2v) is 11.0. The minimum Gasteiger partial charge on any atom is -0.456 e. The number of hydrogen-bond acceptors (Lipinski definition) is 5. The highest BCUT2D eigenvalue weighted by Crippen LogP contribution is 2.40. The predicted octanol–water partition coefficient (Wildman–Crippen LogP) is 9.65. The van der Waals surface area contributed by atoms with Crippen LogP contribution in [0.4, 0.5) is 0 Å². The van der Waals surface area contributed by atoms with Gasteiger partial charge in [-0.3, -0.25) is 0 Å². The molecule has 208 valence electrons. The molecule has 0 bridgehead atoms. The number of benzene rings is 6. The molecule has 0 radical (unpaired) electrons. The maximum absolute atomic E-state index is 6.47. The van der Waals surface area contributed by atoms with Gasteiger partial charge in [0.15, 0.2) is 5.84 Å². The van der Waals surface area contributed by atoms with Crippen molar-refractivity contribution >= 4 is 55.5 Å². The van der Waals surface area contributed by atoms with Gasteiger partial charge in [0.2, 0.25) is 0 Å². The van der Waals surface area contributed by atoms with E-state index in [4.69, 9.17) is 18.8 Å². The Kier molecular flexibility index (Phi) is 5.50. The predicted molar refractivity (Wildman–Crippen MR) is 178 cm³/mol. The summed E-state index contributed by atoms with van der Waals surface area (Å²) >= 11 is 0. The fourth-order valence-electron chi connectivity index (χ4n) is 6.24. The van der Waals surface area contributed by atoms with Crippen LogP contribution in [0.1, 0.15) is 22.9 Å². The summed E-state index contributed by atoms with van der Waals surface area (Å²) < 4.78 is 12.7. The molecule has 0 saturated carbocycles. The van der Waals surface area contributed by atoms with Gasteiger partial charge in [-0.05, 0) is 47.5 Å². The zero-order valence-electron chi connectivity index (χ0n) is 23.6. The quantitative estimate of drug-likeness (QED) is 0.230. The Labute approximate surface area is 252 Å². The molecule has 1 atom stereocenters. The van der Waals surface area contributed by atoms with E-state index >= 15 is 0 Å². The first kappa shape index (κ1) is 24.6. The van der Waals surface area contributed by atoms with Crippen LogP contribution in [-0.2, 0) is 0 Å². The van der Waals surface area contributed by atoms with Crippen LogP contribution >= 0.6 is 0 Å². The number of hydrogen-bond donors (Lipinski definition) is 1. The van der Waals surface area contributed by atoms with E-state index in [-0.39, 0.29) is 0 Å². The largest absolute Gasteiger partial charge is 0.456 e. The van der Waals surface area contributed by atoms with E-state index in [9.17, 15) is 0 Å². The second kappa shape index (κ2) is 9.82. The van der Waals surface area contributed by atoms with Gasteiger partial charge in [-0.2, -0.15) is 0 Å². The van der Waals surface area contributed by atoms with E-state index in [1.54, 1.807) is 0 Å². The smallest absolute Gasteiger partial charge is 0.159 e. The standard InChI is InChI=1S/C39H25N3O2/c1-3-11-24(12-4-1)37-40-38(25-13-5-2-6-14-25)42-39(41-37)31-21-27(23-35-36(31)30-16-8-10-18-33(30)44-35)26-19-20-29-28-15-7-9-17-32(28)43-34(29)22-26/h1-23,39H,(H,40,41,42). The first-order valence-corrected chi connectivity index (χ1v) is 14.7. The number of rotatable bonds is 4. The third-order valence-electron chi connectivity index (χ3n) is 8.34.